The number of aliphatic carboxylic acids is 1. The summed E-state index contributed by atoms with van der Waals surface area (Å²) in [6.07, 6.45) is 4.00. The predicted octanol–water partition coefficient (Wildman–Crippen LogP) is 3.21. The molecular formula is C20H22N2O4S. The standard InChI is InChI=1S/C20H22N2O4S/c23-18(24)8-9-27-12-13-4-3-6-15(10-13)21-19(25)16-11-14-5-1-2-7-17(14)22-20(16)26/h3-4,6,10-11H,1-2,5,7-9,12H2,(H,21,25)(H,22,26)(H,23,24). The number of carboxylic acid groups (broad SMARTS) is 1. The predicted molar refractivity (Wildman–Crippen MR) is 107 cm³/mol. The number of carbonyl (C=O) groups excluding carboxylic acids is 1. The summed E-state index contributed by atoms with van der Waals surface area (Å²) in [5, 5.41) is 11.5. The molecule has 0 bridgehead atoms. The molecule has 0 fully saturated rings. The molecule has 142 valence electrons. The Bertz CT molecular complexity index is 907. The molecule has 1 aliphatic rings. The van der Waals surface area contributed by atoms with Gasteiger partial charge in [-0.15, -0.1) is 0 Å². The molecule has 0 saturated carbocycles. The first-order valence-electron chi connectivity index (χ1n) is 8.98. The van der Waals surface area contributed by atoms with Gasteiger partial charge in [-0.3, -0.25) is 14.4 Å². The monoisotopic (exact) mass is 386 g/mol. The topological polar surface area (TPSA) is 99.3 Å². The van der Waals surface area contributed by atoms with Gasteiger partial charge in [0.2, 0.25) is 0 Å². The van der Waals surface area contributed by atoms with Crippen LogP contribution in [-0.2, 0) is 23.4 Å². The SMILES string of the molecule is O=C(O)CCSCc1cccc(NC(=O)c2cc3c([nH]c2=O)CCCC3)c1. The summed E-state index contributed by atoms with van der Waals surface area (Å²) >= 11 is 1.53. The highest BCUT2D eigenvalue weighted by molar-refractivity contribution is 7.98. The van der Waals surface area contributed by atoms with E-state index in [9.17, 15) is 14.4 Å². The zero-order valence-corrected chi connectivity index (χ0v) is 15.7. The second-order valence-electron chi connectivity index (χ2n) is 6.57. The van der Waals surface area contributed by atoms with E-state index in [-0.39, 0.29) is 17.5 Å². The van der Waals surface area contributed by atoms with Crippen molar-refractivity contribution in [2.75, 3.05) is 11.1 Å². The highest BCUT2D eigenvalue weighted by Gasteiger charge is 2.17. The minimum atomic E-state index is -0.807. The first kappa shape index (κ1) is 19.2. The van der Waals surface area contributed by atoms with Crippen LogP contribution in [0.5, 0.6) is 0 Å². The van der Waals surface area contributed by atoms with Gasteiger partial charge in [0.15, 0.2) is 0 Å². The van der Waals surface area contributed by atoms with E-state index in [2.05, 4.69) is 10.3 Å². The third-order valence-corrected chi connectivity index (χ3v) is 5.53. The highest BCUT2D eigenvalue weighted by Crippen LogP contribution is 2.20. The van der Waals surface area contributed by atoms with Crippen molar-refractivity contribution in [2.24, 2.45) is 0 Å². The van der Waals surface area contributed by atoms with Gasteiger partial charge < -0.3 is 15.4 Å². The fourth-order valence-corrected chi connectivity index (χ4v) is 4.01. The maximum Gasteiger partial charge on any atom is 0.304 e. The number of anilines is 1. The van der Waals surface area contributed by atoms with E-state index in [0.717, 1.165) is 42.5 Å². The van der Waals surface area contributed by atoms with Gasteiger partial charge in [-0.1, -0.05) is 12.1 Å². The van der Waals surface area contributed by atoms with E-state index < -0.39 is 11.9 Å². The molecule has 2 aromatic rings. The van der Waals surface area contributed by atoms with Crippen molar-refractivity contribution in [1.29, 1.82) is 0 Å². The van der Waals surface area contributed by atoms with E-state index in [0.29, 0.717) is 17.2 Å². The summed E-state index contributed by atoms with van der Waals surface area (Å²) < 4.78 is 0. The summed E-state index contributed by atoms with van der Waals surface area (Å²) in [4.78, 5) is 38.2. The molecule has 3 rings (SSSR count). The quantitative estimate of drug-likeness (QED) is 0.635. The Labute approximate surface area is 161 Å². The fourth-order valence-electron chi connectivity index (χ4n) is 3.13. The maximum atomic E-state index is 12.6. The third kappa shape index (κ3) is 5.23. The number of pyridine rings is 1. The number of H-pyrrole nitrogens is 1. The molecule has 0 spiro atoms. The van der Waals surface area contributed by atoms with Gasteiger partial charge in [-0.2, -0.15) is 11.8 Å². The number of fused-ring (bicyclic) bond motifs is 1. The number of aromatic nitrogens is 1. The Morgan fingerprint density at radius 3 is 2.81 bits per heavy atom. The zero-order valence-electron chi connectivity index (χ0n) is 14.9. The second kappa shape index (κ2) is 8.90. The number of hydrogen-bond acceptors (Lipinski definition) is 4. The average molecular weight is 386 g/mol. The molecule has 1 aromatic carbocycles. The van der Waals surface area contributed by atoms with Gasteiger partial charge in [-0.05, 0) is 55.0 Å². The summed E-state index contributed by atoms with van der Waals surface area (Å²) in [5.74, 6) is -0.0218. The minimum Gasteiger partial charge on any atom is -0.481 e. The Morgan fingerprint density at radius 1 is 1.19 bits per heavy atom. The smallest absolute Gasteiger partial charge is 0.304 e. The number of hydrogen-bond donors (Lipinski definition) is 3. The molecule has 0 saturated heterocycles. The molecule has 1 heterocycles. The van der Waals surface area contributed by atoms with Gasteiger partial charge in [-0.25, -0.2) is 0 Å². The van der Waals surface area contributed by atoms with Crippen LogP contribution in [0.3, 0.4) is 0 Å². The number of amides is 1. The normalized spacial score (nSPS) is 13.0. The lowest BCUT2D eigenvalue weighted by Gasteiger charge is -2.16. The number of aromatic amines is 1. The number of rotatable bonds is 7. The first-order valence-corrected chi connectivity index (χ1v) is 10.1. The van der Waals surface area contributed by atoms with Gasteiger partial charge in [0.05, 0.1) is 6.42 Å². The molecule has 7 heteroatoms. The number of nitrogens with one attached hydrogen (secondary N) is 2. The van der Waals surface area contributed by atoms with Crippen molar-refractivity contribution in [2.45, 2.75) is 37.9 Å². The first-order chi connectivity index (χ1) is 13.0. The van der Waals surface area contributed by atoms with Crippen molar-refractivity contribution in [3.05, 3.63) is 63.1 Å². The summed E-state index contributed by atoms with van der Waals surface area (Å²) in [6, 6.07) is 9.09. The molecule has 1 aromatic heterocycles. The van der Waals surface area contributed by atoms with Crippen molar-refractivity contribution in [1.82, 2.24) is 4.98 Å². The van der Waals surface area contributed by atoms with E-state index >= 15 is 0 Å². The van der Waals surface area contributed by atoms with Crippen LogP contribution >= 0.6 is 11.8 Å². The highest BCUT2D eigenvalue weighted by atomic mass is 32.2. The molecular weight excluding hydrogens is 364 g/mol. The van der Waals surface area contributed by atoms with Crippen molar-refractivity contribution >= 4 is 29.3 Å². The van der Waals surface area contributed by atoms with Crippen molar-refractivity contribution < 1.29 is 14.7 Å². The number of aryl methyl sites for hydroxylation is 2. The van der Waals surface area contributed by atoms with Crippen LogP contribution in [-0.4, -0.2) is 27.7 Å². The second-order valence-corrected chi connectivity index (χ2v) is 7.68. The van der Waals surface area contributed by atoms with E-state index in [1.54, 1.807) is 12.1 Å². The lowest BCUT2D eigenvalue weighted by molar-refractivity contribution is -0.136. The van der Waals surface area contributed by atoms with Gasteiger partial charge >= 0.3 is 5.97 Å². The van der Waals surface area contributed by atoms with E-state index in [1.807, 2.05) is 18.2 Å². The molecule has 0 aliphatic heterocycles. The lowest BCUT2D eigenvalue weighted by Crippen LogP contribution is -2.26. The average Bonchev–Trinajstić information content (AvgIpc) is 2.65. The van der Waals surface area contributed by atoms with Crippen LogP contribution in [0.25, 0.3) is 0 Å². The Hall–Kier alpha value is -2.54. The number of carboxylic acids is 1. The van der Waals surface area contributed by atoms with E-state index in [4.69, 9.17) is 5.11 Å². The van der Waals surface area contributed by atoms with Gasteiger partial charge in [0.25, 0.3) is 11.5 Å². The van der Waals surface area contributed by atoms with E-state index in [1.165, 1.54) is 11.8 Å². The summed E-state index contributed by atoms with van der Waals surface area (Å²) in [6.45, 7) is 0. The van der Waals surface area contributed by atoms with Crippen molar-refractivity contribution in [3.8, 4) is 0 Å². The van der Waals surface area contributed by atoms with Gasteiger partial charge in [0, 0.05) is 22.9 Å². The molecule has 6 nitrogen and oxygen atoms in total. The Balaban J connectivity index is 1.66. The lowest BCUT2D eigenvalue weighted by atomic mass is 9.95. The van der Waals surface area contributed by atoms with Crippen LogP contribution in [0, 0.1) is 0 Å². The molecule has 0 radical (unpaired) electrons. The third-order valence-electron chi connectivity index (χ3n) is 4.50. The van der Waals surface area contributed by atoms with Crippen LogP contribution in [0.15, 0.2) is 35.1 Å². The molecule has 27 heavy (non-hydrogen) atoms. The number of benzene rings is 1. The van der Waals surface area contributed by atoms with Crippen LogP contribution in [0.4, 0.5) is 5.69 Å². The van der Waals surface area contributed by atoms with Crippen LogP contribution < -0.4 is 10.9 Å². The largest absolute Gasteiger partial charge is 0.481 e. The maximum absolute atomic E-state index is 12.6. The molecule has 3 N–H and O–H groups in total. The zero-order chi connectivity index (χ0) is 19.2. The molecule has 1 amide bonds. The van der Waals surface area contributed by atoms with Crippen molar-refractivity contribution in [3.63, 3.8) is 0 Å². The Morgan fingerprint density at radius 2 is 2.00 bits per heavy atom. The van der Waals surface area contributed by atoms with Crippen LogP contribution in [0.1, 0.15) is 46.4 Å². The molecule has 0 unspecified atom stereocenters. The Kier molecular flexibility index (Phi) is 6.34. The minimum absolute atomic E-state index is 0.127. The number of thioether (sulfide) groups is 1. The van der Waals surface area contributed by atoms with Gasteiger partial charge in [0.1, 0.15) is 5.56 Å². The molecule has 1 aliphatic carbocycles. The summed E-state index contributed by atoms with van der Waals surface area (Å²) in [5.41, 5.74) is 3.39. The van der Waals surface area contributed by atoms with Crippen LogP contribution in [0.2, 0.25) is 0 Å². The summed E-state index contributed by atoms with van der Waals surface area (Å²) in [7, 11) is 0. The molecule has 0 atom stereocenters. The number of carbonyl (C=O) groups is 2. The fraction of sp³-hybridized carbons (Fsp3) is 0.350.